The lowest BCUT2D eigenvalue weighted by Gasteiger charge is -2.10. The Labute approximate surface area is 203 Å². The summed E-state index contributed by atoms with van der Waals surface area (Å²) in [5.41, 5.74) is 1.44. The van der Waals surface area contributed by atoms with Crippen molar-refractivity contribution < 1.29 is 19.1 Å². The number of aliphatic carboxylic acids is 1. The fourth-order valence-electron chi connectivity index (χ4n) is 3.53. The van der Waals surface area contributed by atoms with Crippen LogP contribution in [0.3, 0.4) is 0 Å². The summed E-state index contributed by atoms with van der Waals surface area (Å²) in [6, 6.07) is 20.7. The summed E-state index contributed by atoms with van der Waals surface area (Å²) in [7, 11) is 0. The number of fused-ring (bicyclic) bond motifs is 2. The van der Waals surface area contributed by atoms with Crippen LogP contribution < -0.4 is 10.3 Å². The fraction of sp³-hybridized carbons (Fsp3) is 0.0769. The van der Waals surface area contributed by atoms with Gasteiger partial charge in [0.1, 0.15) is 11.3 Å². The summed E-state index contributed by atoms with van der Waals surface area (Å²) in [6.07, 6.45) is 0.531. The molecule has 0 radical (unpaired) electrons. The summed E-state index contributed by atoms with van der Waals surface area (Å²) in [5, 5.41) is 15.2. The molecule has 0 aliphatic carbocycles. The van der Waals surface area contributed by atoms with Gasteiger partial charge in [-0.3, -0.25) is 4.79 Å². The molecule has 1 atom stereocenters. The van der Waals surface area contributed by atoms with Crippen LogP contribution in [0.1, 0.15) is 12.5 Å². The summed E-state index contributed by atoms with van der Waals surface area (Å²) in [6.45, 7) is 1.45. The average Bonchev–Trinajstić information content (AvgIpc) is 3.27. The van der Waals surface area contributed by atoms with Crippen LogP contribution in [-0.4, -0.2) is 33.1 Å². The van der Waals surface area contributed by atoms with Crippen LogP contribution in [0.15, 0.2) is 87.1 Å². The van der Waals surface area contributed by atoms with Gasteiger partial charge in [-0.05, 0) is 73.2 Å². The van der Waals surface area contributed by atoms with Crippen molar-refractivity contribution in [1.82, 2.24) is 9.66 Å². The molecule has 0 aliphatic heterocycles. The van der Waals surface area contributed by atoms with Gasteiger partial charge in [-0.1, -0.05) is 23.7 Å². The van der Waals surface area contributed by atoms with Gasteiger partial charge < -0.3 is 14.3 Å². The third-order valence-electron chi connectivity index (χ3n) is 5.32. The first kappa shape index (κ1) is 22.4. The quantitative estimate of drug-likeness (QED) is 0.330. The molecule has 0 aliphatic rings. The standard InChI is InChI=1S/C26H18ClN3O5/c1-15(26(32)33)34-19-9-6-16(7-10-19)14-28-30-24(29-21-5-3-2-4-20(21)25(30)31)23-13-17-12-18(27)8-11-22(17)35-23/h2-15H,1H3,(H,32,33)/t15-/m0/s1. The average molecular weight is 488 g/mol. The second-order valence-corrected chi connectivity index (χ2v) is 8.21. The Kier molecular flexibility index (Phi) is 5.80. The smallest absolute Gasteiger partial charge is 0.344 e. The van der Waals surface area contributed by atoms with Crippen molar-refractivity contribution in [3.05, 3.63) is 93.7 Å². The number of rotatable bonds is 6. The molecule has 9 heteroatoms. The predicted molar refractivity (Wildman–Crippen MR) is 133 cm³/mol. The lowest BCUT2D eigenvalue weighted by Crippen LogP contribution is -2.22. The number of hydrogen-bond acceptors (Lipinski definition) is 6. The van der Waals surface area contributed by atoms with Crippen molar-refractivity contribution in [3.63, 3.8) is 0 Å². The van der Waals surface area contributed by atoms with Crippen LogP contribution in [-0.2, 0) is 4.79 Å². The SMILES string of the molecule is C[C@H](Oc1ccc(C=Nn2c(-c3cc4cc(Cl)ccc4o3)nc3ccccc3c2=O)cc1)C(=O)O. The maximum Gasteiger partial charge on any atom is 0.344 e. The molecular weight excluding hydrogens is 470 g/mol. The van der Waals surface area contributed by atoms with E-state index in [0.717, 1.165) is 5.39 Å². The molecule has 0 spiro atoms. The molecular formula is C26H18ClN3O5. The Morgan fingerprint density at radius 3 is 2.69 bits per heavy atom. The lowest BCUT2D eigenvalue weighted by molar-refractivity contribution is -0.144. The highest BCUT2D eigenvalue weighted by Gasteiger charge is 2.17. The van der Waals surface area contributed by atoms with Crippen LogP contribution in [0, 0.1) is 0 Å². The number of aromatic nitrogens is 2. The molecule has 0 amide bonds. The van der Waals surface area contributed by atoms with Gasteiger partial charge in [0.05, 0.1) is 17.1 Å². The molecule has 5 aromatic rings. The number of benzene rings is 3. The number of carboxylic acid groups (broad SMARTS) is 1. The number of carboxylic acids is 1. The molecule has 2 aromatic heterocycles. The van der Waals surface area contributed by atoms with Gasteiger partial charge in [-0.15, -0.1) is 0 Å². The zero-order valence-corrected chi connectivity index (χ0v) is 19.1. The summed E-state index contributed by atoms with van der Waals surface area (Å²) in [4.78, 5) is 28.9. The fourth-order valence-corrected chi connectivity index (χ4v) is 3.71. The third kappa shape index (κ3) is 4.51. The monoisotopic (exact) mass is 487 g/mol. The molecule has 1 N–H and O–H groups in total. The van der Waals surface area contributed by atoms with Gasteiger partial charge in [0.15, 0.2) is 11.9 Å². The first-order valence-electron chi connectivity index (χ1n) is 10.6. The van der Waals surface area contributed by atoms with Crippen molar-refractivity contribution in [1.29, 1.82) is 0 Å². The molecule has 0 saturated heterocycles. The molecule has 0 bridgehead atoms. The minimum atomic E-state index is -1.06. The van der Waals surface area contributed by atoms with Crippen LogP contribution in [0.25, 0.3) is 33.5 Å². The van der Waals surface area contributed by atoms with Gasteiger partial charge in [0, 0.05) is 10.4 Å². The number of para-hydroxylation sites is 1. The van der Waals surface area contributed by atoms with Gasteiger partial charge in [0.25, 0.3) is 5.56 Å². The largest absolute Gasteiger partial charge is 0.479 e. The highest BCUT2D eigenvalue weighted by Crippen LogP contribution is 2.29. The topological polar surface area (TPSA) is 107 Å². The van der Waals surface area contributed by atoms with Crippen molar-refractivity contribution in [2.75, 3.05) is 0 Å². The summed E-state index contributed by atoms with van der Waals surface area (Å²) >= 11 is 6.11. The Morgan fingerprint density at radius 2 is 1.91 bits per heavy atom. The third-order valence-corrected chi connectivity index (χ3v) is 5.55. The normalized spacial score (nSPS) is 12.4. The van der Waals surface area contributed by atoms with E-state index in [4.69, 9.17) is 25.9 Å². The number of hydrogen-bond donors (Lipinski definition) is 1. The van der Waals surface area contributed by atoms with E-state index in [1.54, 1.807) is 72.8 Å². The van der Waals surface area contributed by atoms with Crippen LogP contribution >= 0.6 is 11.6 Å². The molecule has 0 saturated carbocycles. The van der Waals surface area contributed by atoms with E-state index >= 15 is 0 Å². The van der Waals surface area contributed by atoms with Crippen LogP contribution in [0.4, 0.5) is 0 Å². The van der Waals surface area contributed by atoms with Crippen molar-refractivity contribution in [2.24, 2.45) is 5.10 Å². The zero-order valence-electron chi connectivity index (χ0n) is 18.4. The Balaban J connectivity index is 1.57. The van der Waals surface area contributed by atoms with Crippen LogP contribution in [0.5, 0.6) is 5.75 Å². The summed E-state index contributed by atoms with van der Waals surface area (Å²) < 4.78 is 12.5. The van der Waals surface area contributed by atoms with Gasteiger partial charge in [-0.2, -0.15) is 9.78 Å². The van der Waals surface area contributed by atoms with E-state index in [1.807, 2.05) is 0 Å². The molecule has 3 aromatic carbocycles. The minimum Gasteiger partial charge on any atom is -0.479 e. The van der Waals surface area contributed by atoms with E-state index in [-0.39, 0.29) is 11.4 Å². The number of furan rings is 1. The number of carbonyl (C=O) groups is 1. The molecule has 35 heavy (non-hydrogen) atoms. The first-order chi connectivity index (χ1) is 16.9. The highest BCUT2D eigenvalue weighted by molar-refractivity contribution is 6.31. The van der Waals surface area contributed by atoms with Gasteiger partial charge in [0.2, 0.25) is 5.82 Å². The Morgan fingerprint density at radius 1 is 1.14 bits per heavy atom. The lowest BCUT2D eigenvalue weighted by atomic mass is 10.2. The van der Waals surface area contributed by atoms with E-state index < -0.39 is 12.1 Å². The van der Waals surface area contributed by atoms with Crippen molar-refractivity contribution in [3.8, 4) is 17.3 Å². The second-order valence-electron chi connectivity index (χ2n) is 7.77. The number of halogens is 1. The second kappa shape index (κ2) is 9.08. The first-order valence-corrected chi connectivity index (χ1v) is 11.0. The predicted octanol–water partition coefficient (Wildman–Crippen LogP) is 5.20. The Bertz CT molecular complexity index is 1650. The van der Waals surface area contributed by atoms with Crippen LogP contribution in [0.2, 0.25) is 5.02 Å². The van der Waals surface area contributed by atoms with E-state index in [2.05, 4.69) is 10.1 Å². The van der Waals surface area contributed by atoms with Gasteiger partial charge in [-0.25, -0.2) is 9.78 Å². The van der Waals surface area contributed by atoms with E-state index in [1.165, 1.54) is 17.8 Å². The van der Waals surface area contributed by atoms with Gasteiger partial charge >= 0.3 is 5.97 Å². The Hall–Kier alpha value is -4.43. The zero-order chi connectivity index (χ0) is 24.5. The molecule has 0 fully saturated rings. The van der Waals surface area contributed by atoms with Crippen molar-refractivity contribution >= 4 is 45.7 Å². The molecule has 8 nitrogen and oxygen atoms in total. The minimum absolute atomic E-state index is 0.243. The number of ether oxygens (including phenoxy) is 1. The molecule has 174 valence electrons. The maximum absolute atomic E-state index is 13.3. The van der Waals surface area contributed by atoms with E-state index in [9.17, 15) is 9.59 Å². The maximum atomic E-state index is 13.3. The molecule has 2 heterocycles. The van der Waals surface area contributed by atoms with E-state index in [0.29, 0.717) is 38.6 Å². The molecule has 0 unspecified atom stereocenters. The molecule has 5 rings (SSSR count). The summed E-state index contributed by atoms with van der Waals surface area (Å²) in [5.74, 6) is -0.0383. The highest BCUT2D eigenvalue weighted by atomic mass is 35.5. The van der Waals surface area contributed by atoms with Crippen molar-refractivity contribution in [2.45, 2.75) is 13.0 Å². The number of nitrogens with zero attached hydrogens (tertiary/aromatic N) is 3.